The number of fused-ring (bicyclic) bond motifs is 2. The van der Waals surface area contributed by atoms with Crippen LogP contribution in [0.1, 0.15) is 18.4 Å². The number of hydrogen-bond acceptors (Lipinski definition) is 3. The molecule has 1 aliphatic heterocycles. The molecule has 0 radical (unpaired) electrons. The zero-order chi connectivity index (χ0) is 16.7. The topological polar surface area (TPSA) is 29.0 Å². The molecule has 2 aromatic carbocycles. The van der Waals surface area contributed by atoms with Crippen molar-refractivity contribution in [2.45, 2.75) is 19.3 Å². The van der Waals surface area contributed by atoms with Crippen LogP contribution in [0.4, 0.5) is 15.9 Å². The molecule has 0 saturated heterocycles. The number of nitrogens with zero attached hydrogens (tertiary/aromatic N) is 3. The van der Waals surface area contributed by atoms with Gasteiger partial charge in [0, 0.05) is 16.7 Å². The third-order valence-corrected chi connectivity index (χ3v) is 5.24. The molecule has 0 atom stereocenters. The monoisotopic (exact) mass is 405 g/mol. The summed E-state index contributed by atoms with van der Waals surface area (Å²) in [7, 11) is 0. The van der Waals surface area contributed by atoms with E-state index in [1.165, 1.54) is 11.6 Å². The van der Waals surface area contributed by atoms with Crippen molar-refractivity contribution in [3.05, 3.63) is 57.5 Å². The largest absolute Gasteiger partial charge is 0.325 e. The zero-order valence-electron chi connectivity index (χ0n) is 12.8. The summed E-state index contributed by atoms with van der Waals surface area (Å²) in [5, 5.41) is 0.540. The van der Waals surface area contributed by atoms with Gasteiger partial charge in [-0.3, -0.25) is 0 Å². The number of hydrogen-bond donors (Lipinski definition) is 0. The number of anilines is 2. The quantitative estimate of drug-likeness (QED) is 0.488. The van der Waals surface area contributed by atoms with Gasteiger partial charge in [0.25, 0.3) is 0 Å². The SMILES string of the molecule is Fc1cccc2nc(Cl)nc(N3CCCCc4c(Br)cccc43)c12. The standard InChI is InChI=1S/C18H14BrClFN3/c19-12-6-3-9-15-11(12)5-1-2-10-24(15)17-16-13(21)7-4-8-14(16)22-18(20)23-17/h3-4,6-9H,1-2,5,10H2. The molecule has 0 saturated carbocycles. The highest BCUT2D eigenvalue weighted by Gasteiger charge is 2.23. The molecule has 24 heavy (non-hydrogen) atoms. The summed E-state index contributed by atoms with van der Waals surface area (Å²) < 4.78 is 15.6. The van der Waals surface area contributed by atoms with Gasteiger partial charge in [-0.25, -0.2) is 9.37 Å². The number of benzene rings is 2. The molecule has 122 valence electrons. The Labute approximate surface area is 152 Å². The highest BCUT2D eigenvalue weighted by Crippen LogP contribution is 2.39. The predicted octanol–water partition coefficient (Wildman–Crippen LogP) is 5.66. The Morgan fingerprint density at radius 3 is 2.79 bits per heavy atom. The van der Waals surface area contributed by atoms with Gasteiger partial charge >= 0.3 is 0 Å². The second-order valence-corrected chi connectivity index (χ2v) is 6.99. The van der Waals surface area contributed by atoms with Gasteiger partial charge in [0.1, 0.15) is 11.6 Å². The van der Waals surface area contributed by atoms with Crippen molar-refractivity contribution in [2.75, 3.05) is 11.4 Å². The molecule has 0 N–H and O–H groups in total. The van der Waals surface area contributed by atoms with Crippen molar-refractivity contribution in [3.63, 3.8) is 0 Å². The van der Waals surface area contributed by atoms with E-state index in [0.29, 0.717) is 16.7 Å². The van der Waals surface area contributed by atoms with Crippen molar-refractivity contribution in [2.24, 2.45) is 0 Å². The predicted molar refractivity (Wildman–Crippen MR) is 98.6 cm³/mol. The average Bonchev–Trinajstić information content (AvgIpc) is 2.77. The normalized spacial score (nSPS) is 14.5. The second kappa shape index (κ2) is 6.30. The Kier molecular flexibility index (Phi) is 4.14. The van der Waals surface area contributed by atoms with Gasteiger partial charge in [-0.2, -0.15) is 4.98 Å². The second-order valence-electron chi connectivity index (χ2n) is 5.80. The van der Waals surface area contributed by atoms with Gasteiger partial charge in [0.2, 0.25) is 5.28 Å². The summed E-state index contributed by atoms with van der Waals surface area (Å²) >= 11 is 9.75. The van der Waals surface area contributed by atoms with Gasteiger partial charge in [0.05, 0.1) is 10.9 Å². The highest BCUT2D eigenvalue weighted by atomic mass is 79.9. The van der Waals surface area contributed by atoms with E-state index in [1.54, 1.807) is 12.1 Å². The molecule has 3 nitrogen and oxygen atoms in total. The van der Waals surface area contributed by atoms with E-state index in [1.807, 2.05) is 18.2 Å². The molecular weight excluding hydrogens is 393 g/mol. The van der Waals surface area contributed by atoms with Gasteiger partial charge in [-0.1, -0.05) is 28.1 Å². The number of rotatable bonds is 1. The molecule has 0 aliphatic carbocycles. The van der Waals surface area contributed by atoms with Crippen molar-refractivity contribution >= 4 is 49.9 Å². The Bertz CT molecular complexity index is 932. The van der Waals surface area contributed by atoms with E-state index in [-0.39, 0.29) is 11.1 Å². The van der Waals surface area contributed by atoms with E-state index in [0.717, 1.165) is 36.0 Å². The van der Waals surface area contributed by atoms with E-state index in [9.17, 15) is 4.39 Å². The van der Waals surface area contributed by atoms with Crippen LogP contribution in [-0.4, -0.2) is 16.5 Å². The molecule has 1 aromatic heterocycles. The minimum absolute atomic E-state index is 0.129. The molecule has 3 aromatic rings. The maximum absolute atomic E-state index is 14.5. The van der Waals surface area contributed by atoms with Crippen LogP contribution in [0.3, 0.4) is 0 Å². The highest BCUT2D eigenvalue weighted by molar-refractivity contribution is 9.10. The Balaban J connectivity index is 2.00. The maximum Gasteiger partial charge on any atom is 0.224 e. The first kappa shape index (κ1) is 15.8. The number of halogens is 3. The van der Waals surface area contributed by atoms with E-state index < -0.39 is 0 Å². The van der Waals surface area contributed by atoms with Crippen LogP contribution in [0.2, 0.25) is 5.28 Å². The van der Waals surface area contributed by atoms with Crippen LogP contribution in [0.25, 0.3) is 10.9 Å². The molecule has 2 heterocycles. The van der Waals surface area contributed by atoms with Gasteiger partial charge in [-0.15, -0.1) is 0 Å². The van der Waals surface area contributed by atoms with E-state index in [2.05, 4.69) is 30.8 Å². The van der Waals surface area contributed by atoms with Crippen LogP contribution in [0, 0.1) is 5.82 Å². The van der Waals surface area contributed by atoms with Crippen LogP contribution < -0.4 is 4.90 Å². The first-order valence-electron chi connectivity index (χ1n) is 7.82. The molecule has 1 aliphatic rings. The van der Waals surface area contributed by atoms with Crippen LogP contribution in [0.5, 0.6) is 0 Å². The van der Waals surface area contributed by atoms with E-state index >= 15 is 0 Å². The molecule has 6 heteroatoms. The third-order valence-electron chi connectivity index (χ3n) is 4.33. The molecule has 4 rings (SSSR count). The van der Waals surface area contributed by atoms with Gasteiger partial charge < -0.3 is 4.90 Å². The molecule has 0 fully saturated rings. The summed E-state index contributed by atoms with van der Waals surface area (Å²) in [5.41, 5.74) is 2.78. The van der Waals surface area contributed by atoms with Crippen molar-refractivity contribution in [1.29, 1.82) is 0 Å². The summed E-state index contributed by atoms with van der Waals surface area (Å²) in [6, 6.07) is 10.9. The Morgan fingerprint density at radius 2 is 1.92 bits per heavy atom. The Morgan fingerprint density at radius 1 is 1.08 bits per heavy atom. The lowest BCUT2D eigenvalue weighted by atomic mass is 10.1. The van der Waals surface area contributed by atoms with Crippen LogP contribution in [-0.2, 0) is 6.42 Å². The molecule has 0 amide bonds. The first-order chi connectivity index (χ1) is 11.6. The lowest BCUT2D eigenvalue weighted by Crippen LogP contribution is -2.20. The van der Waals surface area contributed by atoms with Gasteiger partial charge in [-0.05, 0) is 60.7 Å². The van der Waals surface area contributed by atoms with Crippen molar-refractivity contribution in [3.8, 4) is 0 Å². The smallest absolute Gasteiger partial charge is 0.224 e. The third kappa shape index (κ3) is 2.66. The lowest BCUT2D eigenvalue weighted by Gasteiger charge is -2.25. The first-order valence-corrected chi connectivity index (χ1v) is 8.99. The maximum atomic E-state index is 14.5. The molecule has 0 bridgehead atoms. The molecular formula is C18H14BrClFN3. The summed E-state index contributed by atoms with van der Waals surface area (Å²) in [6.07, 6.45) is 3.05. The minimum Gasteiger partial charge on any atom is -0.325 e. The fraction of sp³-hybridized carbons (Fsp3) is 0.222. The van der Waals surface area contributed by atoms with Crippen LogP contribution in [0.15, 0.2) is 40.9 Å². The molecule has 0 unspecified atom stereocenters. The van der Waals surface area contributed by atoms with Crippen molar-refractivity contribution < 1.29 is 4.39 Å². The van der Waals surface area contributed by atoms with E-state index in [4.69, 9.17) is 11.6 Å². The fourth-order valence-electron chi connectivity index (χ4n) is 3.25. The summed E-state index contributed by atoms with van der Waals surface area (Å²) in [5.74, 6) is 0.198. The summed E-state index contributed by atoms with van der Waals surface area (Å²) in [4.78, 5) is 10.6. The lowest BCUT2D eigenvalue weighted by molar-refractivity contribution is 0.638. The van der Waals surface area contributed by atoms with Gasteiger partial charge in [0.15, 0.2) is 0 Å². The summed E-state index contributed by atoms with van der Waals surface area (Å²) in [6.45, 7) is 0.764. The minimum atomic E-state index is -0.333. The number of aromatic nitrogens is 2. The average molecular weight is 407 g/mol. The Hall–Kier alpha value is -1.72. The fourth-order valence-corrected chi connectivity index (χ4v) is 3.98. The zero-order valence-corrected chi connectivity index (χ0v) is 15.1. The van der Waals surface area contributed by atoms with Crippen LogP contribution >= 0.6 is 27.5 Å². The molecule has 0 spiro atoms. The van der Waals surface area contributed by atoms with Crippen molar-refractivity contribution in [1.82, 2.24) is 9.97 Å².